The molecule has 0 saturated carbocycles. The van der Waals surface area contributed by atoms with Crippen LogP contribution in [0.1, 0.15) is 177 Å². The molecule has 51 heavy (non-hydrogen) atoms. The van der Waals surface area contributed by atoms with Crippen molar-refractivity contribution in [1.29, 1.82) is 0 Å². The predicted molar refractivity (Wildman–Crippen MR) is 242 cm³/mol. The molecule has 0 amide bonds. The molecular weight excluding hydrogens is 615 g/mol. The Morgan fingerprint density at radius 1 is 0.706 bits per heavy atom. The highest BCUT2D eigenvalue weighted by atomic mass is 15.2. The summed E-state index contributed by atoms with van der Waals surface area (Å²) in [4.78, 5) is 2.70. The molecule has 0 bridgehead atoms. The molecule has 0 aliphatic carbocycles. The molecule has 0 aromatic heterocycles. The molecule has 0 N–H and O–H groups in total. The second kappa shape index (κ2) is 36.9. The lowest BCUT2D eigenvalue weighted by Crippen LogP contribution is -2.38. The second-order valence-corrected chi connectivity index (χ2v) is 12.9. The number of piperidine rings is 1. The minimum Gasteiger partial charge on any atom is -0.300 e. The van der Waals surface area contributed by atoms with Crippen LogP contribution < -0.4 is 0 Å². The summed E-state index contributed by atoms with van der Waals surface area (Å²) in [5.41, 5.74) is 12.7. The van der Waals surface area contributed by atoms with Crippen molar-refractivity contribution in [3.63, 3.8) is 0 Å². The zero-order valence-corrected chi connectivity index (χ0v) is 37.4. The highest BCUT2D eigenvalue weighted by molar-refractivity contribution is 5.64. The van der Waals surface area contributed by atoms with Crippen LogP contribution in [0.25, 0.3) is 11.1 Å². The van der Waals surface area contributed by atoms with Crippen LogP contribution in [0.3, 0.4) is 0 Å². The van der Waals surface area contributed by atoms with Crippen LogP contribution in [-0.2, 0) is 6.42 Å². The van der Waals surface area contributed by atoms with Crippen LogP contribution in [0.4, 0.5) is 0 Å². The molecule has 1 heteroatoms. The Morgan fingerprint density at radius 3 is 1.65 bits per heavy atom. The molecule has 292 valence electrons. The van der Waals surface area contributed by atoms with Crippen molar-refractivity contribution in [2.75, 3.05) is 13.1 Å². The van der Waals surface area contributed by atoms with Gasteiger partial charge in [0.25, 0.3) is 0 Å². The molecule has 1 atom stereocenters. The number of benzene rings is 2. The van der Waals surface area contributed by atoms with E-state index in [9.17, 15) is 0 Å². The normalized spacial score (nSPS) is 12.7. The van der Waals surface area contributed by atoms with Gasteiger partial charge in [0, 0.05) is 6.04 Å². The third-order valence-electron chi connectivity index (χ3n) is 8.48. The molecule has 1 fully saturated rings. The van der Waals surface area contributed by atoms with Crippen LogP contribution in [0, 0.1) is 13.8 Å². The molecule has 3 rings (SSSR count). The molecule has 1 saturated heterocycles. The number of nitrogens with zero attached hydrogens (tertiary/aromatic N) is 1. The van der Waals surface area contributed by atoms with E-state index in [1.807, 2.05) is 74.4 Å². The number of likely N-dealkylation sites (tertiary alicyclic amines) is 1. The molecule has 2 aromatic carbocycles. The van der Waals surface area contributed by atoms with Gasteiger partial charge in [0.2, 0.25) is 0 Å². The second-order valence-electron chi connectivity index (χ2n) is 12.9. The third-order valence-corrected chi connectivity index (χ3v) is 8.48. The quantitative estimate of drug-likeness (QED) is 0.223. The molecule has 2 aromatic rings. The van der Waals surface area contributed by atoms with Gasteiger partial charge in [-0.05, 0) is 134 Å². The summed E-state index contributed by atoms with van der Waals surface area (Å²) in [7, 11) is 0. The Morgan fingerprint density at radius 2 is 1.25 bits per heavy atom. The first kappa shape index (κ1) is 54.9. The Labute approximate surface area is 322 Å². The summed E-state index contributed by atoms with van der Waals surface area (Å²) in [5, 5.41) is 0. The molecular formula is C50H87N. The Hall–Kier alpha value is -2.90. The van der Waals surface area contributed by atoms with Crippen molar-refractivity contribution < 1.29 is 0 Å². The number of aryl methyl sites for hydroxylation is 3. The van der Waals surface area contributed by atoms with Crippen LogP contribution in [0.15, 0.2) is 91.1 Å². The van der Waals surface area contributed by atoms with E-state index in [4.69, 9.17) is 0 Å². The smallest absolute Gasteiger partial charge is 0.00925 e. The van der Waals surface area contributed by atoms with E-state index < -0.39 is 0 Å². The van der Waals surface area contributed by atoms with Gasteiger partial charge in [-0.2, -0.15) is 0 Å². The first-order chi connectivity index (χ1) is 24.3. The van der Waals surface area contributed by atoms with Crippen molar-refractivity contribution >= 4 is 11.1 Å². The first-order valence-corrected chi connectivity index (χ1v) is 20.5. The monoisotopic (exact) mass is 702 g/mol. The molecule has 1 aliphatic heterocycles. The lowest BCUT2D eigenvalue weighted by molar-refractivity contribution is 0.150. The van der Waals surface area contributed by atoms with E-state index in [0.717, 1.165) is 22.8 Å². The first-order valence-electron chi connectivity index (χ1n) is 20.5. The molecule has 1 heterocycles. The number of allylic oxidation sites excluding steroid dienone is 7. The fourth-order valence-electron chi connectivity index (χ4n) is 5.50. The van der Waals surface area contributed by atoms with Crippen LogP contribution in [-0.4, -0.2) is 24.0 Å². The lowest BCUT2D eigenvalue weighted by Gasteiger charge is -2.33. The Balaban J connectivity index is -0.000000276. The van der Waals surface area contributed by atoms with E-state index in [-0.39, 0.29) is 0 Å². The van der Waals surface area contributed by atoms with E-state index in [0.29, 0.717) is 0 Å². The zero-order valence-electron chi connectivity index (χ0n) is 37.4. The van der Waals surface area contributed by atoms with E-state index in [1.165, 1.54) is 103 Å². The summed E-state index contributed by atoms with van der Waals surface area (Å²) in [6.07, 6.45) is 15.0. The number of rotatable bonds is 10. The van der Waals surface area contributed by atoms with Crippen LogP contribution >= 0.6 is 0 Å². The molecule has 1 aliphatic rings. The lowest BCUT2D eigenvalue weighted by atomic mass is 9.99. The van der Waals surface area contributed by atoms with Gasteiger partial charge >= 0.3 is 0 Å². The summed E-state index contributed by atoms with van der Waals surface area (Å²) in [5.74, 6) is 0. The predicted octanol–water partition coefficient (Wildman–Crippen LogP) is 16.6. The standard InChI is InChI=1S/C13H18.C11H23N.C10H12.C10H16.3C2H6/c1-5-6-13-9-12(10(2)3)8-7-11(13)4;1-3-8-11(4-2)12-9-6-5-7-10-12;1-8(2)10-7-5-4-6-9(10)3;1-6-9(4)10(5)7-8(2)3;3*1-2/h7-9H,2,5-6H2,1,3-4H3;11H,3-10H2,1-2H3;4-7H,1H2,2-3H3;6-7H,2H2,1,3-5H3;3*1-2H3/b;;;9-6-,10-7-;;;. The maximum atomic E-state index is 3.96. The number of hydrogen-bond donors (Lipinski definition) is 0. The van der Waals surface area contributed by atoms with E-state index >= 15 is 0 Å². The van der Waals surface area contributed by atoms with Crippen molar-refractivity contribution in [2.45, 2.75) is 175 Å². The highest BCUT2D eigenvalue weighted by Gasteiger charge is 2.17. The van der Waals surface area contributed by atoms with Gasteiger partial charge in [0.1, 0.15) is 0 Å². The third kappa shape index (κ3) is 27.4. The molecule has 0 spiro atoms. The minimum atomic E-state index is 0.885. The largest absolute Gasteiger partial charge is 0.300 e. The fourth-order valence-corrected chi connectivity index (χ4v) is 5.50. The van der Waals surface area contributed by atoms with Crippen molar-refractivity contribution in [3.05, 3.63) is 119 Å². The Bertz CT molecular complexity index is 1210. The van der Waals surface area contributed by atoms with Crippen LogP contribution in [0.2, 0.25) is 0 Å². The molecule has 0 radical (unpaired) electrons. The average Bonchev–Trinajstić information content (AvgIpc) is 3.14. The average molecular weight is 702 g/mol. The SMILES string of the molecule is C=C(C)/C=C(C)\C(C)=C/C.C=C(C)c1ccc(C)c(CCC)c1.C=C(C)c1ccccc1C.CC.CC.CC.CCCC(CC)N1CCCCC1. The highest BCUT2D eigenvalue weighted by Crippen LogP contribution is 2.19. The molecule has 1 nitrogen and oxygen atoms in total. The number of hydrogen-bond acceptors (Lipinski definition) is 1. The van der Waals surface area contributed by atoms with Crippen molar-refractivity contribution in [3.8, 4) is 0 Å². The fraction of sp³-hybridized carbons (Fsp3) is 0.560. The van der Waals surface area contributed by atoms with Gasteiger partial charge in [-0.25, -0.2) is 0 Å². The maximum Gasteiger partial charge on any atom is 0.00925 e. The summed E-state index contributed by atoms with van der Waals surface area (Å²) in [6, 6.07) is 15.8. The van der Waals surface area contributed by atoms with Gasteiger partial charge in [0.15, 0.2) is 0 Å². The maximum absolute atomic E-state index is 3.96. The van der Waals surface area contributed by atoms with E-state index in [1.54, 1.807) is 0 Å². The molecule has 1 unspecified atom stereocenters. The summed E-state index contributed by atoms with van der Waals surface area (Å²) in [6.45, 7) is 49.8. The Kier molecular flexibility index (Phi) is 39.7. The van der Waals surface area contributed by atoms with Crippen LogP contribution in [0.5, 0.6) is 0 Å². The summed E-state index contributed by atoms with van der Waals surface area (Å²) < 4.78 is 0. The summed E-state index contributed by atoms with van der Waals surface area (Å²) >= 11 is 0. The van der Waals surface area contributed by atoms with Gasteiger partial charge in [-0.15, -0.1) is 0 Å². The zero-order chi connectivity index (χ0) is 40.4. The minimum absolute atomic E-state index is 0.885. The van der Waals surface area contributed by atoms with Gasteiger partial charge < -0.3 is 4.90 Å². The van der Waals surface area contributed by atoms with Gasteiger partial charge in [-0.1, -0.05) is 178 Å². The van der Waals surface area contributed by atoms with Crippen molar-refractivity contribution in [2.24, 2.45) is 0 Å². The van der Waals surface area contributed by atoms with Gasteiger partial charge in [-0.3, -0.25) is 0 Å². The topological polar surface area (TPSA) is 3.24 Å². The van der Waals surface area contributed by atoms with Gasteiger partial charge in [0.05, 0.1) is 0 Å². The van der Waals surface area contributed by atoms with E-state index in [2.05, 4.69) is 123 Å². The van der Waals surface area contributed by atoms with Crippen molar-refractivity contribution in [1.82, 2.24) is 4.90 Å².